The van der Waals surface area contributed by atoms with Crippen molar-refractivity contribution < 1.29 is 23.5 Å². The fourth-order valence-corrected chi connectivity index (χ4v) is 4.13. The first-order valence-corrected chi connectivity index (χ1v) is 11.7. The molecule has 0 radical (unpaired) electrons. The van der Waals surface area contributed by atoms with Gasteiger partial charge in [-0.15, -0.1) is 0 Å². The van der Waals surface area contributed by atoms with Gasteiger partial charge in [-0.25, -0.2) is 19.2 Å². The van der Waals surface area contributed by atoms with Gasteiger partial charge < -0.3 is 20.3 Å². The minimum atomic E-state index is -0.689. The number of rotatable bonds is 6. The Bertz CT molecular complexity index is 1190. The number of carbonyl (C=O) groups excluding carboxylic acids is 3. The summed E-state index contributed by atoms with van der Waals surface area (Å²) in [5, 5.41) is 0. The number of nitrogens with two attached hydrogens (primary N) is 1. The topological polar surface area (TPSA) is 122 Å². The maximum absolute atomic E-state index is 15.0. The van der Waals surface area contributed by atoms with Crippen molar-refractivity contribution in [3.8, 4) is 11.1 Å². The van der Waals surface area contributed by atoms with Crippen molar-refractivity contribution in [2.24, 2.45) is 11.7 Å². The number of hydrogen-bond acceptors (Lipinski definition) is 7. The van der Waals surface area contributed by atoms with Gasteiger partial charge in [0.2, 0.25) is 17.8 Å². The fraction of sp³-hybridized carbons (Fsp3) is 0.400. The highest BCUT2D eigenvalue weighted by molar-refractivity contribution is 5.91. The van der Waals surface area contributed by atoms with Gasteiger partial charge in [0.1, 0.15) is 11.9 Å². The van der Waals surface area contributed by atoms with E-state index in [0.29, 0.717) is 43.4 Å². The maximum Gasteiger partial charge on any atom is 0.414 e. The summed E-state index contributed by atoms with van der Waals surface area (Å²) in [6.45, 7) is 7.82. The molecule has 0 bridgehead atoms. The molecule has 3 amide bonds. The number of nitrogens with zero attached hydrogens (tertiary/aromatic N) is 5. The monoisotopic (exact) mass is 496 g/mol. The summed E-state index contributed by atoms with van der Waals surface area (Å²) < 4.78 is 20.2. The molecule has 2 atom stereocenters. The number of carbonyl (C=O) groups is 3. The number of aromatic nitrogens is 2. The van der Waals surface area contributed by atoms with Crippen LogP contribution in [0.25, 0.3) is 11.1 Å². The Morgan fingerprint density at radius 3 is 2.42 bits per heavy atom. The van der Waals surface area contributed by atoms with E-state index in [1.807, 2.05) is 18.7 Å². The standard InChI is InChI=1S/C25H29FN6O4/c1-15(2)10-22(33)30-6-8-31(9-7-30)24-28-12-17(13-29-24)19-5-4-18(11-20(19)26)32-14-21(36-25(32)35)16(3)23(27)34/h4-5,10-13,16,21H,6-9,14H2,1-3H3,(H2,27,34)/t16-,21?/m0/s1. The lowest BCUT2D eigenvalue weighted by molar-refractivity contribution is -0.126. The third-order valence-electron chi connectivity index (χ3n) is 6.34. The van der Waals surface area contributed by atoms with E-state index in [4.69, 9.17) is 10.5 Å². The molecule has 2 fully saturated rings. The van der Waals surface area contributed by atoms with Crippen LogP contribution >= 0.6 is 0 Å². The summed E-state index contributed by atoms with van der Waals surface area (Å²) in [5.41, 5.74) is 7.36. The summed E-state index contributed by atoms with van der Waals surface area (Å²) in [5.74, 6) is -1.25. The molecule has 1 aromatic heterocycles. The molecule has 190 valence electrons. The highest BCUT2D eigenvalue weighted by atomic mass is 19.1. The third-order valence-corrected chi connectivity index (χ3v) is 6.34. The van der Waals surface area contributed by atoms with E-state index in [1.165, 1.54) is 11.0 Å². The minimum absolute atomic E-state index is 0.00457. The number of primary amides is 1. The second kappa shape index (κ2) is 10.3. The predicted octanol–water partition coefficient (Wildman–Crippen LogP) is 2.34. The van der Waals surface area contributed by atoms with Crippen molar-refractivity contribution in [2.75, 3.05) is 42.5 Å². The van der Waals surface area contributed by atoms with Crippen molar-refractivity contribution in [3.63, 3.8) is 0 Å². The molecule has 1 unspecified atom stereocenters. The fourth-order valence-electron chi connectivity index (χ4n) is 4.13. The van der Waals surface area contributed by atoms with Crippen LogP contribution in [0, 0.1) is 11.7 Å². The zero-order valence-electron chi connectivity index (χ0n) is 20.5. The molecule has 36 heavy (non-hydrogen) atoms. The van der Waals surface area contributed by atoms with E-state index in [1.54, 1.807) is 42.4 Å². The van der Waals surface area contributed by atoms with E-state index >= 15 is 4.39 Å². The largest absolute Gasteiger partial charge is 0.443 e. The van der Waals surface area contributed by atoms with Crippen LogP contribution in [0.1, 0.15) is 20.8 Å². The lowest BCUT2D eigenvalue weighted by atomic mass is 10.0. The number of amides is 3. The van der Waals surface area contributed by atoms with Crippen LogP contribution in [0.2, 0.25) is 0 Å². The van der Waals surface area contributed by atoms with Crippen molar-refractivity contribution in [1.29, 1.82) is 0 Å². The normalized spacial score (nSPS) is 18.6. The summed E-state index contributed by atoms with van der Waals surface area (Å²) in [7, 11) is 0. The number of cyclic esters (lactones) is 1. The second-order valence-corrected chi connectivity index (χ2v) is 9.19. The van der Waals surface area contributed by atoms with Gasteiger partial charge in [0.15, 0.2) is 0 Å². The molecular weight excluding hydrogens is 467 g/mol. The summed E-state index contributed by atoms with van der Waals surface area (Å²) in [4.78, 5) is 49.7. The highest BCUT2D eigenvalue weighted by Crippen LogP contribution is 2.30. The molecular formula is C25H29FN6O4. The molecule has 4 rings (SSSR count). The Labute approximate surface area is 208 Å². The lowest BCUT2D eigenvalue weighted by Crippen LogP contribution is -2.48. The van der Waals surface area contributed by atoms with Gasteiger partial charge in [0, 0.05) is 55.8 Å². The second-order valence-electron chi connectivity index (χ2n) is 9.19. The van der Waals surface area contributed by atoms with Crippen LogP contribution in [-0.2, 0) is 14.3 Å². The van der Waals surface area contributed by atoms with Crippen molar-refractivity contribution in [1.82, 2.24) is 14.9 Å². The Morgan fingerprint density at radius 1 is 1.17 bits per heavy atom. The van der Waals surface area contributed by atoms with Crippen molar-refractivity contribution in [2.45, 2.75) is 26.9 Å². The molecule has 0 spiro atoms. The molecule has 0 aliphatic carbocycles. The summed E-state index contributed by atoms with van der Waals surface area (Å²) >= 11 is 0. The Kier molecular flexibility index (Phi) is 7.18. The SMILES string of the molecule is CC(C)=CC(=O)N1CCN(c2ncc(-c3ccc(N4CC([C@H](C)C(N)=O)OC4=O)cc3F)cn2)CC1. The molecule has 2 aromatic rings. The van der Waals surface area contributed by atoms with Crippen LogP contribution < -0.4 is 15.5 Å². The maximum atomic E-state index is 15.0. The molecule has 1 aromatic carbocycles. The zero-order valence-corrected chi connectivity index (χ0v) is 20.5. The molecule has 3 heterocycles. The Morgan fingerprint density at radius 2 is 1.83 bits per heavy atom. The molecule has 2 N–H and O–H groups in total. The highest BCUT2D eigenvalue weighted by Gasteiger charge is 2.38. The van der Waals surface area contributed by atoms with Gasteiger partial charge in [-0.05, 0) is 39.0 Å². The number of benzene rings is 1. The first-order valence-electron chi connectivity index (χ1n) is 11.7. The number of allylic oxidation sites excluding steroid dienone is 1. The van der Waals surface area contributed by atoms with Gasteiger partial charge in [0.25, 0.3) is 0 Å². The number of anilines is 2. The van der Waals surface area contributed by atoms with Crippen LogP contribution in [0.4, 0.5) is 20.8 Å². The third kappa shape index (κ3) is 5.29. The molecule has 2 aliphatic rings. The average Bonchev–Trinajstić information content (AvgIpc) is 3.24. The van der Waals surface area contributed by atoms with Gasteiger partial charge >= 0.3 is 6.09 Å². The quantitative estimate of drug-likeness (QED) is 0.609. The Balaban J connectivity index is 1.42. The first-order chi connectivity index (χ1) is 17.1. The van der Waals surface area contributed by atoms with Crippen LogP contribution in [0.5, 0.6) is 0 Å². The number of halogens is 1. The van der Waals surface area contributed by atoms with Gasteiger partial charge in [0.05, 0.1) is 18.2 Å². The molecule has 2 saturated heterocycles. The molecule has 10 nitrogen and oxygen atoms in total. The summed E-state index contributed by atoms with van der Waals surface area (Å²) in [6, 6.07) is 4.40. The smallest absolute Gasteiger partial charge is 0.414 e. The van der Waals surface area contributed by atoms with Crippen LogP contribution in [-0.4, -0.2) is 71.6 Å². The minimum Gasteiger partial charge on any atom is -0.443 e. The van der Waals surface area contributed by atoms with E-state index < -0.39 is 29.8 Å². The predicted molar refractivity (Wildman–Crippen MR) is 132 cm³/mol. The van der Waals surface area contributed by atoms with Crippen LogP contribution in [0.3, 0.4) is 0 Å². The summed E-state index contributed by atoms with van der Waals surface area (Å²) in [6.07, 6.45) is 3.39. The zero-order chi connectivity index (χ0) is 26.0. The van der Waals surface area contributed by atoms with E-state index in [2.05, 4.69) is 9.97 Å². The van der Waals surface area contributed by atoms with Gasteiger partial charge in [-0.3, -0.25) is 14.5 Å². The number of ether oxygens (including phenoxy) is 1. The van der Waals surface area contributed by atoms with Gasteiger partial charge in [-0.2, -0.15) is 0 Å². The van der Waals surface area contributed by atoms with Crippen molar-refractivity contribution >= 4 is 29.5 Å². The Hall–Kier alpha value is -4.02. The van der Waals surface area contributed by atoms with E-state index in [-0.39, 0.29) is 18.0 Å². The van der Waals surface area contributed by atoms with E-state index in [9.17, 15) is 14.4 Å². The van der Waals surface area contributed by atoms with E-state index in [0.717, 1.165) is 5.57 Å². The molecule has 0 saturated carbocycles. The number of hydrogen-bond donors (Lipinski definition) is 1. The average molecular weight is 497 g/mol. The van der Waals surface area contributed by atoms with Crippen LogP contribution in [0.15, 0.2) is 42.2 Å². The number of piperazine rings is 1. The molecule has 2 aliphatic heterocycles. The lowest BCUT2D eigenvalue weighted by Gasteiger charge is -2.34. The van der Waals surface area contributed by atoms with Gasteiger partial charge in [-0.1, -0.05) is 5.57 Å². The molecule has 11 heteroatoms. The first kappa shape index (κ1) is 25.1. The van der Waals surface area contributed by atoms with Crippen molar-refractivity contribution in [3.05, 3.63) is 48.1 Å².